The van der Waals surface area contributed by atoms with Crippen LogP contribution in [0.5, 0.6) is 0 Å². The first-order valence-corrected chi connectivity index (χ1v) is 9.41. The third kappa shape index (κ3) is 4.57. The summed E-state index contributed by atoms with van der Waals surface area (Å²) >= 11 is 5.42. The fourth-order valence-corrected chi connectivity index (χ4v) is 4.46. The summed E-state index contributed by atoms with van der Waals surface area (Å²) in [7, 11) is 0. The lowest BCUT2D eigenvalue weighted by Crippen LogP contribution is -3.20. The number of nitrogens with one attached hydrogen (secondary N) is 4. The highest BCUT2D eigenvalue weighted by atomic mass is 32.1. The Morgan fingerprint density at radius 3 is 2.78 bits per heavy atom. The van der Waals surface area contributed by atoms with E-state index in [0.717, 1.165) is 63.5 Å². The molecular weight excluding hydrogens is 308 g/mol. The molecule has 6 heteroatoms. The Morgan fingerprint density at radius 2 is 2.09 bits per heavy atom. The van der Waals surface area contributed by atoms with E-state index in [1.54, 1.807) is 9.80 Å². The van der Waals surface area contributed by atoms with Crippen LogP contribution in [0.3, 0.4) is 0 Å². The summed E-state index contributed by atoms with van der Waals surface area (Å²) in [4.78, 5) is 3.27. The molecule has 4 rings (SSSR count). The zero-order chi connectivity index (χ0) is 16.1. The van der Waals surface area contributed by atoms with Gasteiger partial charge in [-0.15, -0.1) is 6.42 Å². The topological polar surface area (TPSA) is 42.2 Å². The second-order valence-electron chi connectivity index (χ2n) is 7.12. The molecule has 0 amide bonds. The quantitative estimate of drug-likeness (QED) is 0.325. The normalized spacial score (nSPS) is 33.9. The van der Waals surface area contributed by atoms with Crippen molar-refractivity contribution in [1.29, 1.82) is 0 Å². The number of terminal acetylenes is 1. The van der Waals surface area contributed by atoms with Gasteiger partial charge in [-0.2, -0.15) is 0 Å². The predicted molar refractivity (Wildman–Crippen MR) is 94.5 cm³/mol. The van der Waals surface area contributed by atoms with Crippen molar-refractivity contribution in [2.24, 2.45) is 11.8 Å². The van der Waals surface area contributed by atoms with E-state index in [1.807, 2.05) is 0 Å². The molecule has 0 radical (unpaired) electrons. The van der Waals surface area contributed by atoms with Crippen molar-refractivity contribution in [2.45, 2.75) is 18.9 Å². The minimum Gasteiger partial charge on any atom is -0.370 e. The summed E-state index contributed by atoms with van der Waals surface area (Å²) in [6.07, 6.45) is 8.20. The van der Waals surface area contributed by atoms with Gasteiger partial charge in [0.1, 0.15) is 19.1 Å². The molecule has 4 fully saturated rings. The Balaban J connectivity index is 1.31. The average molecular weight is 339 g/mol. The predicted octanol–water partition coefficient (Wildman–Crippen LogP) is -2.71. The van der Waals surface area contributed by atoms with E-state index in [4.69, 9.17) is 23.4 Å². The van der Waals surface area contributed by atoms with Crippen molar-refractivity contribution < 1.29 is 14.5 Å². The second-order valence-corrected chi connectivity index (χ2v) is 7.52. The highest BCUT2D eigenvalue weighted by Crippen LogP contribution is 2.25. The number of piperidine rings is 3. The first-order valence-electron chi connectivity index (χ1n) is 9.00. The fraction of sp³-hybridized carbons (Fsp3) is 0.824. The number of hydrogen-bond donors (Lipinski definition) is 4. The van der Waals surface area contributed by atoms with Crippen LogP contribution >= 0.6 is 12.2 Å². The molecule has 23 heavy (non-hydrogen) atoms. The summed E-state index contributed by atoms with van der Waals surface area (Å²) in [5.74, 6) is 4.22. The van der Waals surface area contributed by atoms with Crippen molar-refractivity contribution in [3.05, 3.63) is 0 Å². The van der Waals surface area contributed by atoms with Crippen LogP contribution in [0, 0.1) is 24.2 Å². The molecule has 0 aliphatic carbocycles. The molecule has 0 aromatic carbocycles. The lowest BCUT2D eigenvalue weighted by atomic mass is 9.76. The summed E-state index contributed by atoms with van der Waals surface area (Å²) in [6.45, 7) is 9.43. The number of fused-ring (bicyclic) bond motifs is 3. The van der Waals surface area contributed by atoms with Gasteiger partial charge in [-0.1, -0.05) is 5.92 Å². The minimum atomic E-state index is 0.497. The molecule has 4 aliphatic rings. The van der Waals surface area contributed by atoms with E-state index < -0.39 is 0 Å². The van der Waals surface area contributed by atoms with Crippen molar-refractivity contribution in [2.75, 3.05) is 59.0 Å². The zero-order valence-corrected chi connectivity index (χ0v) is 14.7. The van der Waals surface area contributed by atoms with Gasteiger partial charge in [0.15, 0.2) is 5.11 Å². The molecule has 4 aliphatic heterocycles. The molecular formula is C17H30N4OS+2. The van der Waals surface area contributed by atoms with Crippen LogP contribution in [-0.2, 0) is 4.74 Å². The Bertz CT molecular complexity index is 446. The Morgan fingerprint density at radius 1 is 1.26 bits per heavy atom. The molecule has 4 N–H and O–H groups in total. The van der Waals surface area contributed by atoms with Crippen LogP contribution in [0.25, 0.3) is 0 Å². The van der Waals surface area contributed by atoms with Crippen molar-refractivity contribution in [1.82, 2.24) is 10.6 Å². The van der Waals surface area contributed by atoms with Crippen molar-refractivity contribution >= 4 is 17.3 Å². The molecule has 2 bridgehead atoms. The maximum atomic E-state index is 5.65. The lowest BCUT2D eigenvalue weighted by molar-refractivity contribution is -0.943. The van der Waals surface area contributed by atoms with E-state index in [9.17, 15) is 0 Å². The number of thiocarbonyl (C=S) groups is 1. The van der Waals surface area contributed by atoms with Crippen LogP contribution < -0.4 is 20.4 Å². The fourth-order valence-electron chi connectivity index (χ4n) is 4.27. The van der Waals surface area contributed by atoms with Gasteiger partial charge < -0.3 is 25.2 Å². The van der Waals surface area contributed by atoms with E-state index >= 15 is 0 Å². The highest BCUT2D eigenvalue weighted by Gasteiger charge is 2.42. The largest absolute Gasteiger partial charge is 0.370 e. The van der Waals surface area contributed by atoms with Crippen molar-refractivity contribution in [3.63, 3.8) is 0 Å². The Hall–Kier alpha value is -0.870. The molecule has 5 nitrogen and oxygen atoms in total. The SMILES string of the molecule is C#C[C@H]1C[NH+]2CC[C@H]1C[C@@H]2CNC(=S)NCC[NH+]1CCOCC1. The third-order valence-electron chi connectivity index (χ3n) is 5.74. The lowest BCUT2D eigenvalue weighted by Gasteiger charge is -2.45. The van der Waals surface area contributed by atoms with Crippen LogP contribution in [0.2, 0.25) is 0 Å². The first-order chi connectivity index (χ1) is 11.3. The summed E-state index contributed by atoms with van der Waals surface area (Å²) in [5.41, 5.74) is 0. The zero-order valence-electron chi connectivity index (χ0n) is 13.9. The molecule has 4 atom stereocenters. The molecule has 128 valence electrons. The van der Waals surface area contributed by atoms with Crippen molar-refractivity contribution in [3.8, 4) is 12.3 Å². The van der Waals surface area contributed by atoms with Crippen LogP contribution in [0.15, 0.2) is 0 Å². The summed E-state index contributed by atoms with van der Waals surface area (Å²) < 4.78 is 5.38. The van der Waals surface area contributed by atoms with Gasteiger partial charge in [-0.3, -0.25) is 0 Å². The standard InChI is InChI=1S/C17H28N4OS/c1-2-14-13-21-5-3-15(14)11-16(21)12-19-17(23)18-4-6-20-7-9-22-10-8-20/h1,14-16H,3-13H2,(H2,18,19,23)/p+2/t14-,15-,16+/m0/s1. The Kier molecular flexibility index (Phi) is 6.12. The maximum Gasteiger partial charge on any atom is 0.166 e. The van der Waals surface area contributed by atoms with Gasteiger partial charge in [0.2, 0.25) is 0 Å². The van der Waals surface area contributed by atoms with Gasteiger partial charge in [-0.05, 0) is 18.1 Å². The number of hydrogen-bond acceptors (Lipinski definition) is 2. The molecule has 0 aromatic heterocycles. The minimum absolute atomic E-state index is 0.497. The second kappa shape index (κ2) is 8.29. The first kappa shape index (κ1) is 17.0. The third-order valence-corrected chi connectivity index (χ3v) is 6.03. The average Bonchev–Trinajstić information content (AvgIpc) is 2.61. The molecule has 4 heterocycles. The number of ether oxygens (including phenoxy) is 1. The van der Waals surface area contributed by atoms with Gasteiger partial charge in [-0.25, -0.2) is 0 Å². The number of rotatable bonds is 5. The van der Waals surface area contributed by atoms with Gasteiger partial charge in [0.25, 0.3) is 0 Å². The summed E-state index contributed by atoms with van der Waals surface area (Å²) in [6, 6.07) is 0.669. The number of quaternary nitrogens is 2. The van der Waals surface area contributed by atoms with Crippen LogP contribution in [-0.4, -0.2) is 70.2 Å². The van der Waals surface area contributed by atoms with Gasteiger partial charge in [0.05, 0.1) is 51.9 Å². The Labute approximate surface area is 145 Å². The molecule has 1 unspecified atom stereocenters. The van der Waals surface area contributed by atoms with E-state index in [0.29, 0.717) is 12.0 Å². The van der Waals surface area contributed by atoms with Gasteiger partial charge >= 0.3 is 0 Å². The van der Waals surface area contributed by atoms with E-state index in [2.05, 4.69) is 16.6 Å². The van der Waals surface area contributed by atoms with Crippen LogP contribution in [0.1, 0.15) is 12.8 Å². The van der Waals surface area contributed by atoms with E-state index in [-0.39, 0.29) is 0 Å². The molecule has 0 spiro atoms. The monoisotopic (exact) mass is 338 g/mol. The molecule has 0 aromatic rings. The molecule has 4 saturated heterocycles. The van der Waals surface area contributed by atoms with Crippen LogP contribution in [0.4, 0.5) is 0 Å². The summed E-state index contributed by atoms with van der Waals surface area (Å²) in [5, 5.41) is 7.57. The highest BCUT2D eigenvalue weighted by molar-refractivity contribution is 7.80. The van der Waals surface area contributed by atoms with E-state index in [1.165, 1.54) is 19.4 Å². The molecule has 0 saturated carbocycles. The maximum absolute atomic E-state index is 5.65. The smallest absolute Gasteiger partial charge is 0.166 e. The van der Waals surface area contributed by atoms with Gasteiger partial charge in [0, 0.05) is 12.8 Å². The number of morpholine rings is 1.